The van der Waals surface area contributed by atoms with Crippen molar-refractivity contribution in [2.24, 2.45) is 5.73 Å². The molecule has 0 spiro atoms. The van der Waals surface area contributed by atoms with Crippen LogP contribution in [0.4, 0.5) is 0 Å². The van der Waals surface area contributed by atoms with Crippen LogP contribution < -0.4 is 11.1 Å². The first kappa shape index (κ1) is 25.1. The van der Waals surface area contributed by atoms with E-state index in [4.69, 9.17) is 5.73 Å². The van der Waals surface area contributed by atoms with Crippen LogP contribution in [0.15, 0.2) is 29.2 Å². The van der Waals surface area contributed by atoms with Crippen molar-refractivity contribution in [2.75, 3.05) is 33.2 Å². The molecule has 1 atom stereocenters. The fraction of sp³-hybridized carbons (Fsp3) is 0.562. The molecule has 0 bridgehead atoms. The molecule has 1 aromatic rings. The van der Waals surface area contributed by atoms with Gasteiger partial charge in [0, 0.05) is 45.2 Å². The lowest BCUT2D eigenvalue weighted by atomic mass is 10.2. The second-order valence-corrected chi connectivity index (χ2v) is 8.18. The number of hydrogen-bond acceptors (Lipinski definition) is 5. The van der Waals surface area contributed by atoms with E-state index in [9.17, 15) is 13.2 Å². The lowest BCUT2D eigenvalue weighted by Gasteiger charge is -2.32. The van der Waals surface area contributed by atoms with Gasteiger partial charge >= 0.3 is 0 Å². The molecule has 0 radical (unpaired) electrons. The Morgan fingerprint density at radius 3 is 2.35 bits per heavy atom. The lowest BCUT2D eigenvalue weighted by Crippen LogP contribution is -2.47. The van der Waals surface area contributed by atoms with E-state index in [0.717, 1.165) is 0 Å². The van der Waals surface area contributed by atoms with Crippen LogP contribution in [-0.2, 0) is 21.4 Å². The summed E-state index contributed by atoms with van der Waals surface area (Å²) in [6, 6.07) is 6.58. The van der Waals surface area contributed by atoms with Gasteiger partial charge in [0.25, 0.3) is 0 Å². The maximum atomic E-state index is 12.9. The zero-order valence-electron chi connectivity index (χ0n) is 15.1. The first-order chi connectivity index (χ1) is 11.3. The molecule has 3 N–H and O–H groups in total. The highest BCUT2D eigenvalue weighted by Crippen LogP contribution is 2.21. The maximum absolute atomic E-state index is 12.9. The molecule has 1 heterocycles. The highest BCUT2D eigenvalue weighted by Gasteiger charge is 2.29. The predicted molar refractivity (Wildman–Crippen MR) is 107 cm³/mol. The van der Waals surface area contributed by atoms with Gasteiger partial charge in [-0.15, -0.1) is 24.8 Å². The van der Waals surface area contributed by atoms with Gasteiger partial charge in [0.2, 0.25) is 15.9 Å². The van der Waals surface area contributed by atoms with Gasteiger partial charge in [-0.2, -0.15) is 4.31 Å². The van der Waals surface area contributed by atoms with Gasteiger partial charge in [-0.25, -0.2) is 8.42 Å². The number of carbonyl (C=O) groups is 1. The number of hydrogen-bond donors (Lipinski definition) is 2. The fourth-order valence-corrected chi connectivity index (χ4v) is 4.27. The Kier molecular flexibility index (Phi) is 10.7. The fourth-order valence-electron chi connectivity index (χ4n) is 2.63. The Hall–Kier alpha value is -0.900. The molecule has 7 nitrogen and oxygen atoms in total. The molecule has 1 aliphatic rings. The van der Waals surface area contributed by atoms with E-state index in [2.05, 4.69) is 10.2 Å². The summed E-state index contributed by atoms with van der Waals surface area (Å²) in [5, 5.41) is 2.74. The first-order valence-corrected chi connectivity index (χ1v) is 9.53. The molecular weight excluding hydrogens is 399 g/mol. The molecule has 1 saturated heterocycles. The van der Waals surface area contributed by atoms with Gasteiger partial charge in [0.1, 0.15) is 0 Å². The van der Waals surface area contributed by atoms with Gasteiger partial charge in [-0.05, 0) is 25.6 Å². The van der Waals surface area contributed by atoms with Crippen molar-refractivity contribution < 1.29 is 13.2 Å². The Balaban J connectivity index is 0.00000312. The Bertz CT molecular complexity index is 678. The number of carbonyl (C=O) groups excluding carboxylic acids is 1. The van der Waals surface area contributed by atoms with Gasteiger partial charge in [-0.1, -0.05) is 18.2 Å². The number of amides is 1. The normalized spacial score (nSPS) is 16.9. The molecule has 1 aromatic carbocycles. The van der Waals surface area contributed by atoms with E-state index in [-0.39, 0.29) is 54.6 Å². The summed E-state index contributed by atoms with van der Waals surface area (Å²) in [7, 11) is -1.58. The molecular formula is C16H28Cl2N4O3S. The van der Waals surface area contributed by atoms with E-state index in [1.165, 1.54) is 4.31 Å². The molecule has 0 saturated carbocycles. The smallest absolute Gasteiger partial charge is 0.243 e. The third-order valence-corrected chi connectivity index (χ3v) is 6.04. The topological polar surface area (TPSA) is 95.7 Å². The number of nitrogens with zero attached hydrogens (tertiary/aromatic N) is 2. The van der Waals surface area contributed by atoms with Gasteiger partial charge in [0.15, 0.2) is 0 Å². The minimum atomic E-state index is -3.56. The molecule has 1 aliphatic heterocycles. The molecule has 0 aromatic heterocycles. The van der Waals surface area contributed by atoms with Crippen molar-refractivity contribution in [1.82, 2.24) is 14.5 Å². The third-order valence-electron chi connectivity index (χ3n) is 4.04. The van der Waals surface area contributed by atoms with Gasteiger partial charge in [0.05, 0.1) is 4.90 Å². The van der Waals surface area contributed by atoms with Crippen LogP contribution in [0, 0.1) is 0 Å². The van der Waals surface area contributed by atoms with E-state index >= 15 is 0 Å². The van der Waals surface area contributed by atoms with Crippen LogP contribution in [0.3, 0.4) is 0 Å². The second kappa shape index (κ2) is 11.1. The molecule has 1 amide bonds. The van der Waals surface area contributed by atoms with E-state index in [1.54, 1.807) is 31.2 Å². The second-order valence-electron chi connectivity index (χ2n) is 6.27. The summed E-state index contributed by atoms with van der Waals surface area (Å²) in [5.74, 6) is -0.184. The Labute approximate surface area is 168 Å². The van der Waals surface area contributed by atoms with Crippen LogP contribution >= 0.6 is 24.8 Å². The maximum Gasteiger partial charge on any atom is 0.243 e. The van der Waals surface area contributed by atoms with E-state index < -0.39 is 10.0 Å². The summed E-state index contributed by atoms with van der Waals surface area (Å²) in [6.07, 6.45) is 0.216. The van der Waals surface area contributed by atoms with Crippen LogP contribution in [-0.4, -0.2) is 62.8 Å². The number of nitrogens with one attached hydrogen (secondary N) is 1. The zero-order valence-corrected chi connectivity index (χ0v) is 17.5. The van der Waals surface area contributed by atoms with Crippen LogP contribution in [0.1, 0.15) is 18.9 Å². The summed E-state index contributed by atoms with van der Waals surface area (Å²) < 4.78 is 27.3. The quantitative estimate of drug-likeness (QED) is 0.701. The van der Waals surface area contributed by atoms with Crippen LogP contribution in [0.5, 0.6) is 0 Å². The van der Waals surface area contributed by atoms with E-state index in [1.807, 2.05) is 7.05 Å². The number of nitrogens with two attached hydrogens (primary N) is 1. The molecule has 26 heavy (non-hydrogen) atoms. The molecule has 1 fully saturated rings. The third kappa shape index (κ3) is 6.68. The average Bonchev–Trinajstić information content (AvgIpc) is 2.53. The highest BCUT2D eigenvalue weighted by atomic mass is 35.5. The largest absolute Gasteiger partial charge is 0.352 e. The number of halogens is 2. The van der Waals surface area contributed by atoms with Crippen LogP contribution in [0.2, 0.25) is 0 Å². The van der Waals surface area contributed by atoms with E-state index in [0.29, 0.717) is 31.7 Å². The van der Waals surface area contributed by atoms with Crippen molar-refractivity contribution in [1.29, 1.82) is 0 Å². The van der Waals surface area contributed by atoms with Crippen LogP contribution in [0.25, 0.3) is 0 Å². The molecule has 2 rings (SSSR count). The minimum absolute atomic E-state index is 0. The minimum Gasteiger partial charge on any atom is -0.352 e. The summed E-state index contributed by atoms with van der Waals surface area (Å²) in [4.78, 5) is 14.1. The van der Waals surface area contributed by atoms with Crippen molar-refractivity contribution in [2.45, 2.75) is 30.8 Å². The summed E-state index contributed by atoms with van der Waals surface area (Å²) >= 11 is 0. The number of likely N-dealkylation sites (N-methyl/N-ethyl adjacent to an activating group) is 1. The molecule has 0 aliphatic carbocycles. The standard InChI is InChI=1S/C16H26N4O3S.2ClH/c1-13(17)11-16(21)18-12-14-5-3-4-6-15(14)24(22,23)20-9-7-19(2)8-10-20;;/h3-6,13H,7-12,17H2,1-2H3,(H,18,21);2*1H. The monoisotopic (exact) mass is 426 g/mol. The first-order valence-electron chi connectivity index (χ1n) is 8.09. The summed E-state index contributed by atoms with van der Waals surface area (Å²) in [5.41, 5.74) is 6.19. The van der Waals surface area contributed by atoms with Crippen molar-refractivity contribution in [3.8, 4) is 0 Å². The average molecular weight is 427 g/mol. The number of benzene rings is 1. The lowest BCUT2D eigenvalue weighted by molar-refractivity contribution is -0.121. The van der Waals surface area contributed by atoms with Crippen molar-refractivity contribution in [3.05, 3.63) is 29.8 Å². The SMILES string of the molecule is CC(N)CC(=O)NCc1ccccc1S(=O)(=O)N1CCN(C)CC1.Cl.Cl. The number of sulfonamides is 1. The Morgan fingerprint density at radius 2 is 1.77 bits per heavy atom. The molecule has 10 heteroatoms. The molecule has 150 valence electrons. The van der Waals surface area contributed by atoms with Gasteiger partial charge < -0.3 is 16.0 Å². The zero-order chi connectivity index (χ0) is 17.7. The van der Waals surface area contributed by atoms with Gasteiger partial charge in [-0.3, -0.25) is 4.79 Å². The van der Waals surface area contributed by atoms with Crippen molar-refractivity contribution >= 4 is 40.7 Å². The number of rotatable bonds is 6. The van der Waals surface area contributed by atoms with Crippen molar-refractivity contribution in [3.63, 3.8) is 0 Å². The number of piperazine rings is 1. The summed E-state index contributed by atoms with van der Waals surface area (Å²) in [6.45, 7) is 4.31. The molecule has 1 unspecified atom stereocenters. The highest BCUT2D eigenvalue weighted by molar-refractivity contribution is 7.89. The predicted octanol–water partition coefficient (Wildman–Crippen LogP) is 0.820. The Morgan fingerprint density at radius 1 is 1.19 bits per heavy atom.